The monoisotopic (exact) mass is 428 g/mol. The Morgan fingerprint density at radius 2 is 2.19 bits per heavy atom. The summed E-state index contributed by atoms with van der Waals surface area (Å²) in [6.45, 7) is 1.91. The number of halogens is 2. The minimum absolute atomic E-state index is 0.103. The molecule has 2 aromatic heterocycles. The number of hydrogen-bond acceptors (Lipinski definition) is 8. The number of nitrogens with one attached hydrogen (secondary N) is 1. The van der Waals surface area contributed by atoms with Gasteiger partial charge in [0.15, 0.2) is 11.0 Å². The predicted octanol–water partition coefficient (Wildman–Crippen LogP) is 3.08. The number of benzene rings is 1. The van der Waals surface area contributed by atoms with Gasteiger partial charge < -0.3 is 9.30 Å². The molecule has 0 bridgehead atoms. The molecule has 12 heteroatoms. The van der Waals surface area contributed by atoms with Crippen LogP contribution in [0.4, 0.5) is 9.52 Å². The number of hydrogen-bond donors (Lipinski definition) is 1. The maximum Gasteiger partial charge on any atom is 0.236 e. The highest BCUT2D eigenvalue weighted by molar-refractivity contribution is 7.99. The van der Waals surface area contributed by atoms with E-state index in [1.807, 2.05) is 6.92 Å². The Morgan fingerprint density at radius 1 is 1.37 bits per heavy atom. The van der Waals surface area contributed by atoms with Gasteiger partial charge in [-0.05, 0) is 25.1 Å². The Bertz CT molecular complexity index is 964. The highest BCUT2D eigenvalue weighted by Crippen LogP contribution is 2.26. The molecular weight excluding hydrogens is 415 g/mol. The second-order valence-electron chi connectivity index (χ2n) is 5.28. The fourth-order valence-electron chi connectivity index (χ4n) is 1.96. The lowest BCUT2D eigenvalue weighted by Gasteiger charge is -2.08. The largest absolute Gasteiger partial charge is 0.484 e. The first-order valence-electron chi connectivity index (χ1n) is 7.61. The van der Waals surface area contributed by atoms with Gasteiger partial charge in [0.1, 0.15) is 23.2 Å². The molecule has 1 N–H and O–H groups in total. The molecule has 0 atom stereocenters. The van der Waals surface area contributed by atoms with E-state index in [1.54, 1.807) is 11.6 Å². The molecule has 1 aromatic carbocycles. The topological polar surface area (TPSA) is 94.8 Å². The van der Waals surface area contributed by atoms with Crippen LogP contribution in [0.3, 0.4) is 0 Å². The standard InChI is InChI=1S/C15H14ClFN6O2S2/c1-8-19-21-14(27-8)18-13(24)7-26-15-22-20-12(23(15)2)6-25-11-4-3-9(17)5-10(11)16/h3-5H,6-7H2,1-2H3,(H,18,21,24). The van der Waals surface area contributed by atoms with Crippen LogP contribution in [0.5, 0.6) is 5.75 Å². The third-order valence-corrected chi connectivity index (χ3v) is 5.35. The zero-order chi connectivity index (χ0) is 19.4. The van der Waals surface area contributed by atoms with Crippen LogP contribution in [-0.2, 0) is 18.4 Å². The minimum atomic E-state index is -0.438. The van der Waals surface area contributed by atoms with E-state index >= 15 is 0 Å². The molecule has 0 radical (unpaired) electrons. The van der Waals surface area contributed by atoms with Crippen molar-refractivity contribution < 1.29 is 13.9 Å². The molecule has 142 valence electrons. The summed E-state index contributed by atoms with van der Waals surface area (Å²) in [5, 5.41) is 20.4. The fourth-order valence-corrected chi connectivity index (χ4v) is 3.52. The molecule has 27 heavy (non-hydrogen) atoms. The third-order valence-electron chi connectivity index (χ3n) is 3.28. The molecule has 3 rings (SSSR count). The summed E-state index contributed by atoms with van der Waals surface area (Å²) in [5.41, 5.74) is 0. The molecule has 0 saturated carbocycles. The summed E-state index contributed by atoms with van der Waals surface area (Å²) in [7, 11) is 1.76. The molecular formula is C15H14ClFN6O2S2. The van der Waals surface area contributed by atoms with Crippen LogP contribution in [0.1, 0.15) is 10.8 Å². The number of anilines is 1. The Hall–Kier alpha value is -2.24. The zero-order valence-electron chi connectivity index (χ0n) is 14.3. The van der Waals surface area contributed by atoms with Crippen molar-refractivity contribution in [2.75, 3.05) is 11.1 Å². The zero-order valence-corrected chi connectivity index (χ0v) is 16.7. The molecule has 1 amide bonds. The van der Waals surface area contributed by atoms with Crippen molar-refractivity contribution in [1.29, 1.82) is 0 Å². The van der Waals surface area contributed by atoms with Gasteiger partial charge >= 0.3 is 0 Å². The molecule has 0 fully saturated rings. The summed E-state index contributed by atoms with van der Waals surface area (Å²) in [6.07, 6.45) is 0. The van der Waals surface area contributed by atoms with Gasteiger partial charge in [-0.15, -0.1) is 20.4 Å². The van der Waals surface area contributed by atoms with E-state index in [0.717, 1.165) is 5.01 Å². The van der Waals surface area contributed by atoms with Gasteiger partial charge in [-0.25, -0.2) is 4.39 Å². The van der Waals surface area contributed by atoms with Crippen molar-refractivity contribution in [3.8, 4) is 5.75 Å². The summed E-state index contributed by atoms with van der Waals surface area (Å²) in [5.74, 6) is 0.386. The molecule has 2 heterocycles. The highest BCUT2D eigenvalue weighted by atomic mass is 35.5. The first-order chi connectivity index (χ1) is 12.9. The van der Waals surface area contributed by atoms with Gasteiger partial charge in [0.25, 0.3) is 0 Å². The van der Waals surface area contributed by atoms with E-state index in [1.165, 1.54) is 41.3 Å². The Kier molecular flexibility index (Phi) is 6.24. The van der Waals surface area contributed by atoms with Crippen LogP contribution in [0, 0.1) is 12.7 Å². The fraction of sp³-hybridized carbons (Fsp3) is 0.267. The average molecular weight is 429 g/mol. The molecule has 0 saturated heterocycles. The predicted molar refractivity (Wildman–Crippen MR) is 101 cm³/mol. The number of aromatic nitrogens is 5. The maximum absolute atomic E-state index is 13.1. The van der Waals surface area contributed by atoms with Gasteiger partial charge in [-0.2, -0.15) is 0 Å². The van der Waals surface area contributed by atoms with Crippen molar-refractivity contribution >= 4 is 45.7 Å². The van der Waals surface area contributed by atoms with Crippen LogP contribution in [0.25, 0.3) is 0 Å². The van der Waals surface area contributed by atoms with Crippen LogP contribution in [-0.4, -0.2) is 36.6 Å². The number of carbonyl (C=O) groups excluding carboxylic acids is 1. The number of rotatable bonds is 7. The molecule has 0 unspecified atom stereocenters. The van der Waals surface area contributed by atoms with E-state index in [0.29, 0.717) is 21.9 Å². The molecule has 0 aliphatic rings. The number of amides is 1. The van der Waals surface area contributed by atoms with Crippen molar-refractivity contribution in [3.63, 3.8) is 0 Å². The smallest absolute Gasteiger partial charge is 0.236 e. The van der Waals surface area contributed by atoms with E-state index < -0.39 is 5.82 Å². The molecule has 0 spiro atoms. The Balaban J connectivity index is 1.54. The number of ether oxygens (including phenoxy) is 1. The summed E-state index contributed by atoms with van der Waals surface area (Å²) >= 11 is 8.46. The normalized spacial score (nSPS) is 10.8. The first-order valence-corrected chi connectivity index (χ1v) is 9.79. The molecule has 8 nitrogen and oxygen atoms in total. The van der Waals surface area contributed by atoms with E-state index in [-0.39, 0.29) is 23.3 Å². The molecule has 3 aromatic rings. The quantitative estimate of drug-likeness (QED) is 0.578. The average Bonchev–Trinajstić information content (AvgIpc) is 3.18. The minimum Gasteiger partial charge on any atom is -0.484 e. The van der Waals surface area contributed by atoms with E-state index in [2.05, 4.69) is 25.7 Å². The van der Waals surface area contributed by atoms with Crippen LogP contribution in [0.15, 0.2) is 23.4 Å². The van der Waals surface area contributed by atoms with Crippen molar-refractivity contribution in [1.82, 2.24) is 25.0 Å². The van der Waals surface area contributed by atoms with Gasteiger partial charge in [-0.1, -0.05) is 34.7 Å². The van der Waals surface area contributed by atoms with E-state index in [4.69, 9.17) is 16.3 Å². The van der Waals surface area contributed by atoms with Crippen molar-refractivity contribution in [3.05, 3.63) is 39.9 Å². The summed E-state index contributed by atoms with van der Waals surface area (Å²) in [4.78, 5) is 12.0. The lowest BCUT2D eigenvalue weighted by Crippen LogP contribution is -2.14. The Morgan fingerprint density at radius 3 is 2.89 bits per heavy atom. The highest BCUT2D eigenvalue weighted by Gasteiger charge is 2.14. The van der Waals surface area contributed by atoms with Gasteiger partial charge in [0, 0.05) is 7.05 Å². The Labute approximate surface area is 167 Å². The van der Waals surface area contributed by atoms with Crippen LogP contribution < -0.4 is 10.1 Å². The van der Waals surface area contributed by atoms with Crippen LogP contribution in [0.2, 0.25) is 5.02 Å². The second-order valence-corrected chi connectivity index (χ2v) is 7.82. The maximum atomic E-state index is 13.1. The second kappa shape index (κ2) is 8.63. The number of nitrogens with zero attached hydrogens (tertiary/aromatic N) is 5. The van der Waals surface area contributed by atoms with Crippen LogP contribution >= 0.6 is 34.7 Å². The number of thioether (sulfide) groups is 1. The third kappa shape index (κ3) is 5.15. The van der Waals surface area contributed by atoms with Gasteiger partial charge in [0.05, 0.1) is 10.8 Å². The summed E-state index contributed by atoms with van der Waals surface area (Å²) in [6, 6.07) is 3.88. The number of carbonyl (C=O) groups is 1. The number of aryl methyl sites for hydroxylation is 1. The molecule has 0 aliphatic carbocycles. The van der Waals surface area contributed by atoms with Gasteiger partial charge in [-0.3, -0.25) is 10.1 Å². The lowest BCUT2D eigenvalue weighted by molar-refractivity contribution is -0.113. The molecule has 0 aliphatic heterocycles. The SMILES string of the molecule is Cc1nnc(NC(=O)CSc2nnc(COc3ccc(F)cc3Cl)n2C)s1. The summed E-state index contributed by atoms with van der Waals surface area (Å²) < 4.78 is 20.3. The van der Waals surface area contributed by atoms with Crippen molar-refractivity contribution in [2.45, 2.75) is 18.7 Å². The first kappa shape index (κ1) is 19.5. The van der Waals surface area contributed by atoms with Crippen molar-refractivity contribution in [2.24, 2.45) is 7.05 Å². The van der Waals surface area contributed by atoms with E-state index in [9.17, 15) is 9.18 Å². The lowest BCUT2D eigenvalue weighted by atomic mass is 10.3. The van der Waals surface area contributed by atoms with Gasteiger partial charge in [0.2, 0.25) is 11.0 Å².